The zero-order valence-corrected chi connectivity index (χ0v) is 17.6. The highest BCUT2D eigenvalue weighted by Gasteiger charge is 2.25. The van der Waals surface area contributed by atoms with Gasteiger partial charge in [-0.25, -0.2) is 0 Å². The highest BCUT2D eigenvalue weighted by atomic mass is 16.1. The van der Waals surface area contributed by atoms with Crippen LogP contribution in [0.25, 0.3) is 12.2 Å². The van der Waals surface area contributed by atoms with Crippen LogP contribution in [0.3, 0.4) is 0 Å². The summed E-state index contributed by atoms with van der Waals surface area (Å²) in [7, 11) is 8.12. The maximum absolute atomic E-state index is 13.1. The molecular weight excluding hydrogens is 344 g/mol. The lowest BCUT2D eigenvalue weighted by Crippen LogP contribution is -2.18. The van der Waals surface area contributed by atoms with Crippen molar-refractivity contribution in [3.63, 3.8) is 0 Å². The molecule has 1 aliphatic rings. The van der Waals surface area contributed by atoms with Crippen molar-refractivity contribution in [2.75, 3.05) is 38.0 Å². The molecule has 1 saturated carbocycles. The minimum absolute atomic E-state index is 0.187. The van der Waals surface area contributed by atoms with Gasteiger partial charge in [0.05, 0.1) is 0 Å². The van der Waals surface area contributed by atoms with Gasteiger partial charge in [0, 0.05) is 50.7 Å². The van der Waals surface area contributed by atoms with Crippen molar-refractivity contribution in [3.8, 4) is 0 Å². The van der Waals surface area contributed by atoms with Crippen LogP contribution in [0, 0.1) is 5.92 Å². The van der Waals surface area contributed by atoms with Gasteiger partial charge in [-0.3, -0.25) is 4.79 Å². The van der Waals surface area contributed by atoms with Gasteiger partial charge in [0.15, 0.2) is 5.78 Å². The van der Waals surface area contributed by atoms with E-state index in [0.717, 1.165) is 46.5 Å². The molecular formula is C25H30N2O. The molecule has 3 rings (SSSR count). The quantitative estimate of drug-likeness (QED) is 0.680. The Kier molecular flexibility index (Phi) is 6.03. The van der Waals surface area contributed by atoms with Crippen molar-refractivity contribution in [1.29, 1.82) is 0 Å². The fourth-order valence-corrected chi connectivity index (χ4v) is 3.60. The SMILES string of the molecule is CC1CC(=Cc2ccc(N(C)C)cc2)C(=O)C(=Cc2ccc(N(C)C)cc2)C1. The number of anilines is 2. The zero-order valence-electron chi connectivity index (χ0n) is 17.6. The number of Topliss-reactive ketones (excluding diaryl/α,β-unsaturated/α-hetero) is 1. The fraction of sp³-hybridized carbons (Fsp3) is 0.320. The molecule has 1 aliphatic carbocycles. The Bertz CT molecular complexity index is 814. The Labute approximate surface area is 169 Å². The molecule has 0 atom stereocenters. The molecule has 0 heterocycles. The minimum atomic E-state index is 0.187. The van der Waals surface area contributed by atoms with Crippen molar-refractivity contribution < 1.29 is 4.79 Å². The molecule has 146 valence electrons. The molecule has 28 heavy (non-hydrogen) atoms. The van der Waals surface area contributed by atoms with E-state index in [1.165, 1.54) is 0 Å². The smallest absolute Gasteiger partial charge is 0.185 e. The summed E-state index contributed by atoms with van der Waals surface area (Å²) in [6.07, 6.45) is 5.79. The van der Waals surface area contributed by atoms with Gasteiger partial charge >= 0.3 is 0 Å². The van der Waals surface area contributed by atoms with Crippen LogP contribution in [0.5, 0.6) is 0 Å². The highest BCUT2D eigenvalue weighted by Crippen LogP contribution is 2.32. The topological polar surface area (TPSA) is 23.6 Å². The summed E-state index contributed by atoms with van der Waals surface area (Å²) in [6, 6.07) is 16.7. The fourth-order valence-electron chi connectivity index (χ4n) is 3.60. The second-order valence-electron chi connectivity index (χ2n) is 8.15. The Balaban J connectivity index is 1.85. The molecule has 0 bridgehead atoms. The Morgan fingerprint density at radius 3 is 1.39 bits per heavy atom. The first kappa shape index (κ1) is 19.9. The van der Waals surface area contributed by atoms with Gasteiger partial charge in [-0.05, 0) is 66.3 Å². The van der Waals surface area contributed by atoms with Crippen LogP contribution >= 0.6 is 0 Å². The number of allylic oxidation sites excluding steroid dienone is 2. The Morgan fingerprint density at radius 1 is 0.714 bits per heavy atom. The van der Waals surface area contributed by atoms with Crippen LogP contribution in [-0.4, -0.2) is 34.0 Å². The van der Waals surface area contributed by atoms with E-state index in [4.69, 9.17) is 0 Å². The average molecular weight is 375 g/mol. The van der Waals surface area contributed by atoms with Gasteiger partial charge in [0.25, 0.3) is 0 Å². The van der Waals surface area contributed by atoms with Gasteiger partial charge in [-0.15, -0.1) is 0 Å². The van der Waals surface area contributed by atoms with Crippen LogP contribution in [0.15, 0.2) is 59.7 Å². The molecule has 0 unspecified atom stereocenters. The van der Waals surface area contributed by atoms with Gasteiger partial charge < -0.3 is 9.80 Å². The summed E-state index contributed by atoms with van der Waals surface area (Å²) in [5.74, 6) is 0.656. The third kappa shape index (κ3) is 4.72. The van der Waals surface area contributed by atoms with Crippen LogP contribution < -0.4 is 9.80 Å². The number of carbonyl (C=O) groups excluding carboxylic acids is 1. The third-order valence-electron chi connectivity index (χ3n) is 5.22. The second kappa shape index (κ2) is 8.47. The highest BCUT2D eigenvalue weighted by molar-refractivity contribution is 6.14. The minimum Gasteiger partial charge on any atom is -0.378 e. The molecule has 3 nitrogen and oxygen atoms in total. The monoisotopic (exact) mass is 374 g/mol. The normalized spacial score (nSPS) is 19.9. The average Bonchev–Trinajstić information content (AvgIpc) is 2.66. The molecule has 3 heteroatoms. The van der Waals surface area contributed by atoms with Crippen LogP contribution in [0.4, 0.5) is 11.4 Å². The van der Waals surface area contributed by atoms with E-state index in [-0.39, 0.29) is 5.78 Å². The molecule has 0 N–H and O–H groups in total. The summed E-state index contributed by atoms with van der Waals surface area (Å²) >= 11 is 0. The Morgan fingerprint density at radius 2 is 1.07 bits per heavy atom. The maximum Gasteiger partial charge on any atom is 0.185 e. The zero-order chi connectivity index (χ0) is 20.3. The number of ketones is 1. The maximum atomic E-state index is 13.1. The first-order valence-electron chi connectivity index (χ1n) is 9.84. The van der Waals surface area contributed by atoms with Crippen molar-refractivity contribution in [2.45, 2.75) is 19.8 Å². The largest absolute Gasteiger partial charge is 0.378 e. The van der Waals surface area contributed by atoms with E-state index >= 15 is 0 Å². The van der Waals surface area contributed by atoms with E-state index < -0.39 is 0 Å². The number of rotatable bonds is 4. The standard InChI is InChI=1S/C25H30N2O/c1-18-14-21(16-19-6-10-23(11-7-19)26(2)3)25(28)22(15-18)17-20-8-12-24(13-9-20)27(4)5/h6-13,16-18H,14-15H2,1-5H3. The number of nitrogens with zero attached hydrogens (tertiary/aromatic N) is 2. The third-order valence-corrected chi connectivity index (χ3v) is 5.22. The van der Waals surface area contributed by atoms with E-state index in [1.54, 1.807) is 0 Å². The molecule has 2 aromatic carbocycles. The van der Waals surface area contributed by atoms with Crippen molar-refractivity contribution in [3.05, 3.63) is 70.8 Å². The molecule has 0 aromatic heterocycles. The lowest BCUT2D eigenvalue weighted by atomic mass is 9.81. The second-order valence-corrected chi connectivity index (χ2v) is 8.15. The molecule has 0 spiro atoms. The first-order chi connectivity index (χ1) is 13.3. The summed E-state index contributed by atoms with van der Waals surface area (Å²) in [4.78, 5) is 17.2. The van der Waals surface area contributed by atoms with Crippen LogP contribution in [0.2, 0.25) is 0 Å². The predicted octanol–water partition coefficient (Wildman–Crippen LogP) is 5.28. The number of carbonyl (C=O) groups is 1. The predicted molar refractivity (Wildman–Crippen MR) is 121 cm³/mol. The molecule has 0 aliphatic heterocycles. The molecule has 1 fully saturated rings. The van der Waals surface area contributed by atoms with Gasteiger partial charge in [-0.2, -0.15) is 0 Å². The number of hydrogen-bond donors (Lipinski definition) is 0. The first-order valence-corrected chi connectivity index (χ1v) is 9.84. The van der Waals surface area contributed by atoms with Crippen LogP contribution in [0.1, 0.15) is 30.9 Å². The summed E-state index contributed by atoms with van der Waals surface area (Å²) in [5, 5.41) is 0. The van der Waals surface area contributed by atoms with Crippen molar-refractivity contribution in [2.24, 2.45) is 5.92 Å². The lowest BCUT2D eigenvalue weighted by molar-refractivity contribution is -0.113. The van der Waals surface area contributed by atoms with Crippen molar-refractivity contribution >= 4 is 29.3 Å². The molecule has 0 saturated heterocycles. The van der Waals surface area contributed by atoms with E-state index in [9.17, 15) is 4.79 Å². The number of hydrogen-bond acceptors (Lipinski definition) is 3. The summed E-state index contributed by atoms with van der Waals surface area (Å²) in [5.41, 5.74) is 6.30. The lowest BCUT2D eigenvalue weighted by Gasteiger charge is -2.23. The van der Waals surface area contributed by atoms with Gasteiger partial charge in [-0.1, -0.05) is 31.2 Å². The molecule has 0 amide bonds. The Hall–Kier alpha value is -2.81. The van der Waals surface area contributed by atoms with Gasteiger partial charge in [0.1, 0.15) is 0 Å². The van der Waals surface area contributed by atoms with E-state index in [0.29, 0.717) is 5.92 Å². The van der Waals surface area contributed by atoms with E-state index in [1.807, 2.05) is 28.2 Å². The van der Waals surface area contributed by atoms with Crippen molar-refractivity contribution in [1.82, 2.24) is 0 Å². The summed E-state index contributed by atoms with van der Waals surface area (Å²) in [6.45, 7) is 2.22. The molecule has 0 radical (unpaired) electrons. The number of benzene rings is 2. The van der Waals surface area contributed by atoms with Gasteiger partial charge in [0.2, 0.25) is 0 Å². The van der Waals surface area contributed by atoms with E-state index in [2.05, 4.69) is 77.4 Å². The molecule has 2 aromatic rings. The van der Waals surface area contributed by atoms with Crippen LogP contribution in [-0.2, 0) is 4.79 Å². The summed E-state index contributed by atoms with van der Waals surface area (Å²) < 4.78 is 0.